The number of hydrogen-bond donors (Lipinski definition) is 2. The molecule has 0 amide bonds. The summed E-state index contributed by atoms with van der Waals surface area (Å²) in [5.41, 5.74) is 5.29. The van der Waals surface area contributed by atoms with Crippen LogP contribution in [0.5, 0.6) is 0 Å². The predicted molar refractivity (Wildman–Crippen MR) is 108 cm³/mol. The largest absolute Gasteiger partial charge is 0.338 e. The summed E-state index contributed by atoms with van der Waals surface area (Å²) in [5.74, 6) is 0.701. The van der Waals surface area contributed by atoms with E-state index in [1.165, 1.54) is 0 Å². The SMILES string of the molecule is Cc1ccc(S(=O)(=O)Nc2cccc(-c3nc4ccc(C)cc4[nH]3)c2)cc1. The number of nitrogens with zero attached hydrogens (tertiary/aromatic N) is 1. The van der Waals surface area contributed by atoms with Gasteiger partial charge in [-0.05, 0) is 55.8 Å². The number of sulfonamides is 1. The summed E-state index contributed by atoms with van der Waals surface area (Å²) >= 11 is 0. The molecule has 1 heterocycles. The number of benzene rings is 3. The highest BCUT2D eigenvalue weighted by molar-refractivity contribution is 7.92. The Morgan fingerprint density at radius 1 is 0.889 bits per heavy atom. The lowest BCUT2D eigenvalue weighted by molar-refractivity contribution is 0.601. The van der Waals surface area contributed by atoms with Gasteiger partial charge in [-0.25, -0.2) is 13.4 Å². The lowest BCUT2D eigenvalue weighted by Gasteiger charge is -2.09. The highest BCUT2D eigenvalue weighted by Crippen LogP contribution is 2.25. The minimum Gasteiger partial charge on any atom is -0.338 e. The summed E-state index contributed by atoms with van der Waals surface area (Å²) in [6.07, 6.45) is 0. The molecule has 0 aliphatic rings. The normalized spacial score (nSPS) is 11.6. The molecule has 136 valence electrons. The molecule has 0 aliphatic heterocycles. The van der Waals surface area contributed by atoms with Gasteiger partial charge in [-0.2, -0.15) is 0 Å². The van der Waals surface area contributed by atoms with Crippen LogP contribution in [-0.4, -0.2) is 18.4 Å². The monoisotopic (exact) mass is 377 g/mol. The standard InChI is InChI=1S/C21H19N3O2S/c1-14-6-9-18(10-7-14)27(25,26)24-17-5-3-4-16(13-17)21-22-19-11-8-15(2)12-20(19)23-21/h3-13,24H,1-2H3,(H,22,23). The first-order valence-electron chi connectivity index (χ1n) is 8.57. The van der Waals surface area contributed by atoms with Gasteiger partial charge in [0.25, 0.3) is 10.0 Å². The molecule has 5 nitrogen and oxygen atoms in total. The van der Waals surface area contributed by atoms with Crippen molar-refractivity contribution in [1.82, 2.24) is 9.97 Å². The van der Waals surface area contributed by atoms with Gasteiger partial charge < -0.3 is 4.98 Å². The molecular weight excluding hydrogens is 358 g/mol. The number of fused-ring (bicyclic) bond motifs is 1. The van der Waals surface area contributed by atoms with Gasteiger partial charge in [-0.1, -0.05) is 35.9 Å². The first kappa shape index (κ1) is 17.3. The van der Waals surface area contributed by atoms with Crippen LogP contribution < -0.4 is 4.72 Å². The van der Waals surface area contributed by atoms with Crippen molar-refractivity contribution in [2.24, 2.45) is 0 Å². The summed E-state index contributed by atoms with van der Waals surface area (Å²) in [6, 6.07) is 20.0. The summed E-state index contributed by atoms with van der Waals surface area (Å²) in [7, 11) is -3.64. The molecule has 27 heavy (non-hydrogen) atoms. The van der Waals surface area contributed by atoms with Crippen LogP contribution in [0.3, 0.4) is 0 Å². The number of aryl methyl sites for hydroxylation is 2. The van der Waals surface area contributed by atoms with E-state index in [0.717, 1.165) is 27.7 Å². The summed E-state index contributed by atoms with van der Waals surface area (Å²) in [6.45, 7) is 3.95. The average molecular weight is 377 g/mol. The molecule has 4 aromatic rings. The summed E-state index contributed by atoms with van der Waals surface area (Å²) in [4.78, 5) is 8.12. The fraction of sp³-hybridized carbons (Fsp3) is 0.0952. The second-order valence-electron chi connectivity index (χ2n) is 6.61. The van der Waals surface area contributed by atoms with Crippen LogP contribution in [0.2, 0.25) is 0 Å². The fourth-order valence-electron chi connectivity index (χ4n) is 2.92. The first-order chi connectivity index (χ1) is 12.9. The quantitative estimate of drug-likeness (QED) is 0.544. The number of aromatic amines is 1. The molecule has 0 aliphatic carbocycles. The van der Waals surface area contributed by atoms with E-state index >= 15 is 0 Å². The van der Waals surface area contributed by atoms with Crippen LogP contribution in [-0.2, 0) is 10.0 Å². The van der Waals surface area contributed by atoms with E-state index in [1.54, 1.807) is 42.5 Å². The number of anilines is 1. The van der Waals surface area contributed by atoms with Crippen LogP contribution in [0.1, 0.15) is 11.1 Å². The molecule has 0 saturated carbocycles. The molecule has 0 unspecified atom stereocenters. The maximum Gasteiger partial charge on any atom is 0.261 e. The Morgan fingerprint density at radius 2 is 1.63 bits per heavy atom. The molecule has 0 spiro atoms. The van der Waals surface area contributed by atoms with Gasteiger partial charge >= 0.3 is 0 Å². The molecule has 0 atom stereocenters. The van der Waals surface area contributed by atoms with E-state index in [4.69, 9.17) is 0 Å². The van der Waals surface area contributed by atoms with Gasteiger partial charge in [-0.3, -0.25) is 4.72 Å². The van der Waals surface area contributed by atoms with E-state index in [-0.39, 0.29) is 4.90 Å². The van der Waals surface area contributed by atoms with Crippen LogP contribution in [0.15, 0.2) is 71.6 Å². The Kier molecular flexibility index (Phi) is 4.20. The third-order valence-electron chi connectivity index (χ3n) is 4.36. The topological polar surface area (TPSA) is 74.8 Å². The lowest BCUT2D eigenvalue weighted by atomic mass is 10.2. The maximum absolute atomic E-state index is 12.6. The highest BCUT2D eigenvalue weighted by Gasteiger charge is 2.14. The molecule has 0 saturated heterocycles. The molecule has 4 rings (SSSR count). The minimum absolute atomic E-state index is 0.234. The maximum atomic E-state index is 12.6. The number of imidazole rings is 1. The average Bonchev–Trinajstić information content (AvgIpc) is 3.05. The van der Waals surface area contributed by atoms with E-state index in [9.17, 15) is 8.42 Å². The Bertz CT molecular complexity index is 1230. The first-order valence-corrected chi connectivity index (χ1v) is 10.1. The van der Waals surface area contributed by atoms with E-state index in [0.29, 0.717) is 11.5 Å². The van der Waals surface area contributed by atoms with Gasteiger partial charge in [0.2, 0.25) is 0 Å². The van der Waals surface area contributed by atoms with Gasteiger partial charge in [0, 0.05) is 11.3 Å². The fourth-order valence-corrected chi connectivity index (χ4v) is 3.97. The second kappa shape index (κ2) is 6.55. The molecule has 1 aromatic heterocycles. The number of nitrogens with one attached hydrogen (secondary N) is 2. The van der Waals surface area contributed by atoms with Crippen molar-refractivity contribution < 1.29 is 8.42 Å². The molecule has 3 aromatic carbocycles. The van der Waals surface area contributed by atoms with Crippen molar-refractivity contribution in [1.29, 1.82) is 0 Å². The van der Waals surface area contributed by atoms with Crippen LogP contribution in [0.4, 0.5) is 5.69 Å². The van der Waals surface area contributed by atoms with Crippen molar-refractivity contribution >= 4 is 26.7 Å². The van der Waals surface area contributed by atoms with E-state index in [1.807, 2.05) is 38.1 Å². The smallest absolute Gasteiger partial charge is 0.261 e. The molecule has 0 bridgehead atoms. The van der Waals surface area contributed by atoms with Crippen LogP contribution in [0, 0.1) is 13.8 Å². The van der Waals surface area contributed by atoms with Crippen molar-refractivity contribution in [3.63, 3.8) is 0 Å². The molecule has 2 N–H and O–H groups in total. The van der Waals surface area contributed by atoms with Gasteiger partial charge in [0.1, 0.15) is 5.82 Å². The zero-order valence-electron chi connectivity index (χ0n) is 15.0. The van der Waals surface area contributed by atoms with Crippen molar-refractivity contribution in [2.75, 3.05) is 4.72 Å². The van der Waals surface area contributed by atoms with Crippen molar-refractivity contribution in [3.8, 4) is 11.4 Å². The lowest BCUT2D eigenvalue weighted by Crippen LogP contribution is -2.12. The molecular formula is C21H19N3O2S. The number of hydrogen-bond acceptors (Lipinski definition) is 3. The second-order valence-corrected chi connectivity index (χ2v) is 8.29. The molecule has 0 radical (unpaired) electrons. The third-order valence-corrected chi connectivity index (χ3v) is 5.75. The summed E-state index contributed by atoms with van der Waals surface area (Å²) in [5, 5.41) is 0. The predicted octanol–water partition coefficient (Wildman–Crippen LogP) is 4.65. The minimum atomic E-state index is -3.64. The van der Waals surface area contributed by atoms with Gasteiger partial charge in [-0.15, -0.1) is 0 Å². The van der Waals surface area contributed by atoms with Crippen LogP contribution >= 0.6 is 0 Å². The van der Waals surface area contributed by atoms with E-state index < -0.39 is 10.0 Å². The van der Waals surface area contributed by atoms with Crippen molar-refractivity contribution in [3.05, 3.63) is 77.9 Å². The van der Waals surface area contributed by atoms with Gasteiger partial charge in [0.05, 0.1) is 15.9 Å². The van der Waals surface area contributed by atoms with E-state index in [2.05, 4.69) is 14.7 Å². The Labute approximate surface area is 158 Å². The number of rotatable bonds is 4. The highest BCUT2D eigenvalue weighted by atomic mass is 32.2. The molecule has 6 heteroatoms. The van der Waals surface area contributed by atoms with Crippen molar-refractivity contribution in [2.45, 2.75) is 18.7 Å². The Morgan fingerprint density at radius 3 is 2.41 bits per heavy atom. The third kappa shape index (κ3) is 3.57. The van der Waals surface area contributed by atoms with Crippen LogP contribution in [0.25, 0.3) is 22.4 Å². The van der Waals surface area contributed by atoms with Gasteiger partial charge in [0.15, 0.2) is 0 Å². The zero-order chi connectivity index (χ0) is 19.0. The summed E-state index contributed by atoms with van der Waals surface area (Å²) < 4.78 is 27.8. The Hall–Kier alpha value is -3.12. The number of H-pyrrole nitrogens is 1. The zero-order valence-corrected chi connectivity index (χ0v) is 15.8. The number of aromatic nitrogens is 2. The molecule has 0 fully saturated rings. The Balaban J connectivity index is 1.66.